The first-order valence-corrected chi connectivity index (χ1v) is 8.08. The fourth-order valence-corrected chi connectivity index (χ4v) is 3.16. The zero-order valence-electron chi connectivity index (χ0n) is 14.6. The Kier molecular flexibility index (Phi) is 4.99. The van der Waals surface area contributed by atoms with Crippen LogP contribution in [0.3, 0.4) is 0 Å². The van der Waals surface area contributed by atoms with E-state index >= 15 is 0 Å². The van der Waals surface area contributed by atoms with Crippen LogP contribution in [0.15, 0.2) is 12.1 Å². The van der Waals surface area contributed by atoms with Crippen molar-refractivity contribution in [1.29, 1.82) is 0 Å². The van der Waals surface area contributed by atoms with Gasteiger partial charge in [-0.25, -0.2) is 9.18 Å². The van der Waals surface area contributed by atoms with Crippen LogP contribution in [-0.2, 0) is 4.74 Å². The summed E-state index contributed by atoms with van der Waals surface area (Å²) in [5, 5.41) is 0. The van der Waals surface area contributed by atoms with Gasteiger partial charge in [0.1, 0.15) is 11.4 Å². The van der Waals surface area contributed by atoms with Crippen LogP contribution < -0.4 is 5.73 Å². The van der Waals surface area contributed by atoms with Gasteiger partial charge in [0.15, 0.2) is 0 Å². The van der Waals surface area contributed by atoms with Crippen LogP contribution in [0.4, 0.5) is 9.18 Å². The van der Waals surface area contributed by atoms with Crippen molar-refractivity contribution in [2.75, 3.05) is 13.1 Å². The summed E-state index contributed by atoms with van der Waals surface area (Å²) >= 11 is 0. The second-order valence-electron chi connectivity index (χ2n) is 7.48. The van der Waals surface area contributed by atoms with E-state index in [0.29, 0.717) is 18.7 Å². The number of carbonyl (C=O) groups is 1. The Bertz CT molecular complexity index is 572. The molecule has 23 heavy (non-hydrogen) atoms. The third-order valence-electron chi connectivity index (χ3n) is 4.20. The second-order valence-corrected chi connectivity index (χ2v) is 7.48. The SMILES string of the molecule is Cc1cc(C)c(C(N)C2CCN(C(=O)OC(C)(C)C)C2)c(F)c1. The van der Waals surface area contributed by atoms with Crippen LogP contribution in [0.1, 0.15) is 49.9 Å². The second kappa shape index (κ2) is 6.48. The molecule has 4 nitrogen and oxygen atoms in total. The Morgan fingerprint density at radius 3 is 2.61 bits per heavy atom. The summed E-state index contributed by atoms with van der Waals surface area (Å²) in [5.41, 5.74) is 8.12. The van der Waals surface area contributed by atoms with Gasteiger partial charge in [-0.2, -0.15) is 0 Å². The molecule has 0 bridgehead atoms. The summed E-state index contributed by atoms with van der Waals surface area (Å²) in [5.74, 6) is -0.218. The maximum atomic E-state index is 14.3. The van der Waals surface area contributed by atoms with E-state index in [0.717, 1.165) is 17.5 Å². The van der Waals surface area contributed by atoms with Crippen molar-refractivity contribution in [3.8, 4) is 0 Å². The van der Waals surface area contributed by atoms with E-state index in [1.165, 1.54) is 6.07 Å². The smallest absolute Gasteiger partial charge is 0.410 e. The van der Waals surface area contributed by atoms with Crippen molar-refractivity contribution >= 4 is 6.09 Å². The highest BCUT2D eigenvalue weighted by Gasteiger charge is 2.34. The minimum Gasteiger partial charge on any atom is -0.444 e. The molecule has 5 heteroatoms. The maximum absolute atomic E-state index is 14.3. The summed E-state index contributed by atoms with van der Waals surface area (Å²) in [6.07, 6.45) is 0.431. The lowest BCUT2D eigenvalue weighted by molar-refractivity contribution is 0.0286. The van der Waals surface area contributed by atoms with E-state index in [4.69, 9.17) is 10.5 Å². The van der Waals surface area contributed by atoms with Gasteiger partial charge in [0, 0.05) is 24.7 Å². The highest BCUT2D eigenvalue weighted by Crippen LogP contribution is 2.32. The van der Waals surface area contributed by atoms with Gasteiger partial charge in [-0.1, -0.05) is 6.07 Å². The Labute approximate surface area is 137 Å². The molecule has 0 aliphatic carbocycles. The molecule has 1 aliphatic heterocycles. The van der Waals surface area contributed by atoms with Crippen molar-refractivity contribution in [2.24, 2.45) is 11.7 Å². The molecule has 1 saturated heterocycles. The molecule has 2 unspecified atom stereocenters. The normalized spacial score (nSPS) is 19.8. The van der Waals surface area contributed by atoms with E-state index in [9.17, 15) is 9.18 Å². The largest absolute Gasteiger partial charge is 0.444 e. The molecule has 2 atom stereocenters. The number of aryl methyl sites for hydroxylation is 2. The maximum Gasteiger partial charge on any atom is 0.410 e. The van der Waals surface area contributed by atoms with Gasteiger partial charge in [-0.05, 0) is 64.2 Å². The lowest BCUT2D eigenvalue weighted by Gasteiger charge is -2.26. The lowest BCUT2D eigenvalue weighted by atomic mass is 9.89. The zero-order chi connectivity index (χ0) is 17.4. The quantitative estimate of drug-likeness (QED) is 0.903. The molecule has 2 N–H and O–H groups in total. The van der Waals surface area contributed by atoms with Gasteiger partial charge in [0.05, 0.1) is 0 Å². The Balaban J connectivity index is 2.09. The molecule has 1 amide bonds. The van der Waals surface area contributed by atoms with E-state index in [2.05, 4.69) is 0 Å². The molecule has 0 aromatic heterocycles. The molecule has 0 radical (unpaired) electrons. The number of likely N-dealkylation sites (tertiary alicyclic amines) is 1. The topological polar surface area (TPSA) is 55.6 Å². The van der Waals surface area contributed by atoms with Gasteiger partial charge in [-0.15, -0.1) is 0 Å². The standard InChI is InChI=1S/C18H27FN2O2/c1-11-8-12(2)15(14(19)9-11)16(20)13-6-7-21(10-13)17(22)23-18(3,4)5/h8-9,13,16H,6-7,10,20H2,1-5H3. The number of benzene rings is 1. The minimum atomic E-state index is -0.517. The molecular weight excluding hydrogens is 295 g/mol. The predicted octanol–water partition coefficient (Wildman–Crippen LogP) is 3.70. The number of nitrogens with two attached hydrogens (primary N) is 1. The van der Waals surface area contributed by atoms with Crippen molar-refractivity contribution in [3.05, 3.63) is 34.6 Å². The van der Waals surface area contributed by atoms with E-state index in [1.54, 1.807) is 4.90 Å². The molecule has 2 rings (SSSR count). The zero-order valence-corrected chi connectivity index (χ0v) is 14.6. The Hall–Kier alpha value is -1.62. The van der Waals surface area contributed by atoms with Gasteiger partial charge < -0.3 is 15.4 Å². The van der Waals surface area contributed by atoms with Gasteiger partial charge in [0.25, 0.3) is 0 Å². The molecule has 1 fully saturated rings. The van der Waals surface area contributed by atoms with Crippen molar-refractivity contribution in [3.63, 3.8) is 0 Å². The summed E-state index contributed by atoms with van der Waals surface area (Å²) in [4.78, 5) is 13.8. The summed E-state index contributed by atoms with van der Waals surface area (Å²) in [7, 11) is 0. The van der Waals surface area contributed by atoms with Gasteiger partial charge in [-0.3, -0.25) is 0 Å². The first-order valence-electron chi connectivity index (χ1n) is 8.08. The molecule has 128 valence electrons. The minimum absolute atomic E-state index is 0.0402. The number of hydrogen-bond acceptors (Lipinski definition) is 3. The lowest BCUT2D eigenvalue weighted by Crippen LogP contribution is -2.36. The molecule has 1 heterocycles. The van der Waals surface area contributed by atoms with E-state index in [1.807, 2.05) is 40.7 Å². The number of halogens is 1. The highest BCUT2D eigenvalue weighted by atomic mass is 19.1. The first-order chi connectivity index (χ1) is 10.6. The molecule has 0 spiro atoms. The van der Waals surface area contributed by atoms with Crippen LogP contribution in [0.2, 0.25) is 0 Å². The number of carbonyl (C=O) groups excluding carboxylic acids is 1. The molecule has 1 aromatic carbocycles. The fourth-order valence-electron chi connectivity index (χ4n) is 3.16. The van der Waals surface area contributed by atoms with Crippen LogP contribution in [-0.4, -0.2) is 29.7 Å². The summed E-state index contributed by atoms with van der Waals surface area (Å²) in [6.45, 7) is 10.4. The van der Waals surface area contributed by atoms with Crippen LogP contribution >= 0.6 is 0 Å². The Morgan fingerprint density at radius 1 is 1.39 bits per heavy atom. The third kappa shape index (κ3) is 4.22. The summed E-state index contributed by atoms with van der Waals surface area (Å²) < 4.78 is 19.7. The number of amides is 1. The van der Waals surface area contributed by atoms with Crippen LogP contribution in [0, 0.1) is 25.6 Å². The molecule has 1 aliphatic rings. The van der Waals surface area contributed by atoms with Crippen molar-refractivity contribution in [1.82, 2.24) is 4.90 Å². The van der Waals surface area contributed by atoms with E-state index < -0.39 is 11.6 Å². The van der Waals surface area contributed by atoms with Crippen LogP contribution in [0.5, 0.6) is 0 Å². The molecule has 1 aromatic rings. The summed E-state index contributed by atoms with van der Waals surface area (Å²) in [6, 6.07) is 3.05. The average molecular weight is 322 g/mol. The average Bonchev–Trinajstić information content (AvgIpc) is 2.84. The van der Waals surface area contributed by atoms with E-state index in [-0.39, 0.29) is 17.8 Å². The Morgan fingerprint density at radius 2 is 2.04 bits per heavy atom. The van der Waals surface area contributed by atoms with Gasteiger partial charge in [0.2, 0.25) is 0 Å². The van der Waals surface area contributed by atoms with Crippen LogP contribution in [0.25, 0.3) is 0 Å². The highest BCUT2D eigenvalue weighted by molar-refractivity contribution is 5.68. The molecule has 0 saturated carbocycles. The number of rotatable bonds is 2. The number of nitrogens with zero attached hydrogens (tertiary/aromatic N) is 1. The van der Waals surface area contributed by atoms with Crippen molar-refractivity contribution < 1.29 is 13.9 Å². The predicted molar refractivity (Wildman–Crippen MR) is 88.7 cm³/mol. The number of ether oxygens (including phenoxy) is 1. The fraction of sp³-hybridized carbons (Fsp3) is 0.611. The van der Waals surface area contributed by atoms with Gasteiger partial charge >= 0.3 is 6.09 Å². The van der Waals surface area contributed by atoms with Crippen molar-refractivity contribution in [2.45, 2.75) is 52.7 Å². The number of hydrogen-bond donors (Lipinski definition) is 1. The monoisotopic (exact) mass is 322 g/mol. The first kappa shape index (κ1) is 17.7. The molecular formula is C18H27FN2O2. The third-order valence-corrected chi connectivity index (χ3v) is 4.20.